The lowest BCUT2D eigenvalue weighted by Gasteiger charge is -2.39. The van der Waals surface area contributed by atoms with Crippen LogP contribution in [0.2, 0.25) is 0 Å². The Morgan fingerprint density at radius 1 is 1.41 bits per heavy atom. The molecule has 1 aliphatic rings. The van der Waals surface area contributed by atoms with Crippen molar-refractivity contribution in [1.29, 1.82) is 0 Å². The van der Waals surface area contributed by atoms with E-state index in [0.717, 1.165) is 26.2 Å². The third-order valence-electron chi connectivity index (χ3n) is 3.68. The Hall–Kier alpha value is 0.230. The van der Waals surface area contributed by atoms with Gasteiger partial charge in [-0.2, -0.15) is 11.8 Å². The number of ether oxygens (including phenoxy) is 1. The maximum Gasteiger partial charge on any atom is 0.0589 e. The molecule has 4 heteroatoms. The molecule has 0 aromatic carbocycles. The highest BCUT2D eigenvalue weighted by Gasteiger charge is 2.31. The molecule has 17 heavy (non-hydrogen) atoms. The number of methoxy groups -OCH3 is 1. The molecule has 1 rings (SSSR count). The summed E-state index contributed by atoms with van der Waals surface area (Å²) in [5.74, 6) is 2.58. The third kappa shape index (κ3) is 5.60. The third-order valence-corrected chi connectivity index (χ3v) is 4.74. The molecule has 0 aromatic heterocycles. The number of thioether (sulfide) groups is 1. The maximum atomic E-state index is 5.08. The summed E-state index contributed by atoms with van der Waals surface area (Å²) < 4.78 is 5.08. The minimum absolute atomic E-state index is 0.455. The Morgan fingerprint density at radius 3 is 2.82 bits per heavy atom. The number of likely N-dealkylation sites (N-methyl/N-ethyl adjacent to an activating group) is 1. The number of rotatable bonds is 7. The van der Waals surface area contributed by atoms with E-state index < -0.39 is 0 Å². The van der Waals surface area contributed by atoms with Crippen molar-refractivity contribution in [3.8, 4) is 0 Å². The Kier molecular flexibility index (Phi) is 6.85. The Morgan fingerprint density at radius 2 is 2.18 bits per heavy atom. The summed E-state index contributed by atoms with van der Waals surface area (Å²) in [6.45, 7) is 8.79. The second-order valence-corrected chi connectivity index (χ2v) is 6.77. The van der Waals surface area contributed by atoms with Crippen molar-refractivity contribution in [1.82, 2.24) is 10.2 Å². The van der Waals surface area contributed by atoms with E-state index in [9.17, 15) is 0 Å². The minimum atomic E-state index is 0.455. The quantitative estimate of drug-likeness (QED) is 0.753. The van der Waals surface area contributed by atoms with Gasteiger partial charge >= 0.3 is 0 Å². The highest BCUT2D eigenvalue weighted by atomic mass is 32.2. The summed E-state index contributed by atoms with van der Waals surface area (Å²) in [5.41, 5.74) is 0.455. The van der Waals surface area contributed by atoms with Gasteiger partial charge in [0, 0.05) is 38.5 Å². The molecule has 0 bridgehead atoms. The Bertz CT molecular complexity index is 212. The molecule has 1 heterocycles. The van der Waals surface area contributed by atoms with E-state index in [2.05, 4.69) is 42.9 Å². The van der Waals surface area contributed by atoms with E-state index in [1.807, 2.05) is 0 Å². The van der Waals surface area contributed by atoms with Crippen LogP contribution in [0.4, 0.5) is 0 Å². The van der Waals surface area contributed by atoms with Gasteiger partial charge in [-0.15, -0.1) is 0 Å². The maximum absolute atomic E-state index is 5.08. The molecule has 1 saturated heterocycles. The van der Waals surface area contributed by atoms with Crippen LogP contribution in [0.25, 0.3) is 0 Å². The standard InChI is InChI=1S/C13H28N2OS/c1-13(2)5-10-17-11-12(13)14-6-7-15(3)8-9-16-4/h12,14H,5-11H2,1-4H3. The van der Waals surface area contributed by atoms with Crippen molar-refractivity contribution in [3.05, 3.63) is 0 Å². The molecule has 102 valence electrons. The first-order chi connectivity index (χ1) is 8.06. The number of hydrogen-bond donors (Lipinski definition) is 1. The lowest BCUT2D eigenvalue weighted by molar-refractivity contribution is 0.158. The van der Waals surface area contributed by atoms with Crippen molar-refractivity contribution in [2.24, 2.45) is 5.41 Å². The van der Waals surface area contributed by atoms with E-state index in [-0.39, 0.29) is 0 Å². The fraction of sp³-hybridized carbons (Fsp3) is 1.00. The summed E-state index contributed by atoms with van der Waals surface area (Å²) in [6, 6.07) is 0.664. The molecule has 0 spiro atoms. The molecule has 0 aromatic rings. The summed E-state index contributed by atoms with van der Waals surface area (Å²) in [7, 11) is 3.91. The molecular formula is C13H28N2OS. The average Bonchev–Trinajstić information content (AvgIpc) is 2.28. The molecule has 0 radical (unpaired) electrons. The second kappa shape index (κ2) is 7.62. The molecule has 0 saturated carbocycles. The molecule has 1 atom stereocenters. The van der Waals surface area contributed by atoms with Gasteiger partial charge in [0.1, 0.15) is 0 Å². The van der Waals surface area contributed by atoms with Crippen molar-refractivity contribution in [2.75, 3.05) is 51.9 Å². The molecular weight excluding hydrogens is 232 g/mol. The molecule has 0 amide bonds. The Labute approximate surface area is 111 Å². The van der Waals surface area contributed by atoms with Gasteiger partial charge in [-0.1, -0.05) is 13.8 Å². The summed E-state index contributed by atoms with van der Waals surface area (Å²) in [5, 5.41) is 3.72. The van der Waals surface area contributed by atoms with Crippen LogP contribution < -0.4 is 5.32 Å². The summed E-state index contributed by atoms with van der Waals surface area (Å²) >= 11 is 2.08. The van der Waals surface area contributed by atoms with Gasteiger partial charge in [-0.25, -0.2) is 0 Å². The van der Waals surface area contributed by atoms with Crippen LogP contribution in [0.3, 0.4) is 0 Å². The highest BCUT2D eigenvalue weighted by molar-refractivity contribution is 7.99. The van der Waals surface area contributed by atoms with Crippen LogP contribution in [0.15, 0.2) is 0 Å². The molecule has 1 N–H and O–H groups in total. The smallest absolute Gasteiger partial charge is 0.0589 e. The van der Waals surface area contributed by atoms with Crippen LogP contribution in [-0.4, -0.2) is 62.8 Å². The zero-order chi connectivity index (χ0) is 12.7. The average molecular weight is 260 g/mol. The first kappa shape index (κ1) is 15.3. The van der Waals surface area contributed by atoms with Crippen LogP contribution in [0.1, 0.15) is 20.3 Å². The van der Waals surface area contributed by atoms with Gasteiger partial charge in [0.05, 0.1) is 6.61 Å². The van der Waals surface area contributed by atoms with Crippen LogP contribution >= 0.6 is 11.8 Å². The first-order valence-electron chi connectivity index (χ1n) is 6.55. The normalized spacial score (nSPS) is 24.2. The van der Waals surface area contributed by atoms with E-state index in [1.54, 1.807) is 7.11 Å². The van der Waals surface area contributed by atoms with E-state index >= 15 is 0 Å². The fourth-order valence-electron chi connectivity index (χ4n) is 2.06. The number of nitrogens with one attached hydrogen (secondary N) is 1. The van der Waals surface area contributed by atoms with Crippen LogP contribution in [0.5, 0.6) is 0 Å². The second-order valence-electron chi connectivity index (χ2n) is 5.62. The van der Waals surface area contributed by atoms with Gasteiger partial charge in [0.2, 0.25) is 0 Å². The van der Waals surface area contributed by atoms with Crippen molar-refractivity contribution in [2.45, 2.75) is 26.3 Å². The van der Waals surface area contributed by atoms with Gasteiger partial charge in [-0.3, -0.25) is 0 Å². The lowest BCUT2D eigenvalue weighted by atomic mass is 9.82. The number of hydrogen-bond acceptors (Lipinski definition) is 4. The fourth-order valence-corrected chi connectivity index (χ4v) is 3.70. The van der Waals surface area contributed by atoms with Gasteiger partial charge < -0.3 is 15.0 Å². The number of nitrogens with zero attached hydrogens (tertiary/aromatic N) is 1. The monoisotopic (exact) mass is 260 g/mol. The topological polar surface area (TPSA) is 24.5 Å². The molecule has 0 aliphatic carbocycles. The Balaban J connectivity index is 2.16. The molecule has 1 fully saturated rings. The highest BCUT2D eigenvalue weighted by Crippen LogP contribution is 2.33. The van der Waals surface area contributed by atoms with Gasteiger partial charge in [-0.05, 0) is 24.6 Å². The van der Waals surface area contributed by atoms with Crippen molar-refractivity contribution < 1.29 is 4.74 Å². The van der Waals surface area contributed by atoms with E-state index in [1.165, 1.54) is 17.9 Å². The zero-order valence-electron chi connectivity index (χ0n) is 11.8. The summed E-state index contributed by atoms with van der Waals surface area (Å²) in [4.78, 5) is 2.32. The van der Waals surface area contributed by atoms with Crippen molar-refractivity contribution in [3.63, 3.8) is 0 Å². The molecule has 3 nitrogen and oxygen atoms in total. The lowest BCUT2D eigenvalue weighted by Crippen LogP contribution is -2.48. The van der Waals surface area contributed by atoms with E-state index in [0.29, 0.717) is 11.5 Å². The predicted octanol–water partition coefficient (Wildman–Crippen LogP) is 1.69. The van der Waals surface area contributed by atoms with Crippen LogP contribution in [0, 0.1) is 5.41 Å². The first-order valence-corrected chi connectivity index (χ1v) is 7.70. The van der Waals surface area contributed by atoms with E-state index in [4.69, 9.17) is 4.74 Å². The largest absolute Gasteiger partial charge is 0.383 e. The minimum Gasteiger partial charge on any atom is -0.383 e. The van der Waals surface area contributed by atoms with Gasteiger partial charge in [0.15, 0.2) is 0 Å². The zero-order valence-corrected chi connectivity index (χ0v) is 12.6. The molecule has 1 unspecified atom stereocenters. The SMILES string of the molecule is COCCN(C)CCNC1CSCCC1(C)C. The predicted molar refractivity (Wildman–Crippen MR) is 76.9 cm³/mol. The summed E-state index contributed by atoms with van der Waals surface area (Å²) in [6.07, 6.45) is 1.33. The van der Waals surface area contributed by atoms with Crippen molar-refractivity contribution >= 4 is 11.8 Å². The molecule has 1 aliphatic heterocycles. The van der Waals surface area contributed by atoms with Crippen LogP contribution in [-0.2, 0) is 4.74 Å². The van der Waals surface area contributed by atoms with Gasteiger partial charge in [0.25, 0.3) is 0 Å².